The van der Waals surface area contributed by atoms with Crippen molar-refractivity contribution in [3.63, 3.8) is 0 Å². The summed E-state index contributed by atoms with van der Waals surface area (Å²) >= 11 is 0. The normalized spacial score (nSPS) is 11.4. The lowest BCUT2D eigenvalue weighted by atomic mass is 10.00. The molecule has 196 valence electrons. The first kappa shape index (κ1) is 26.0. The van der Waals surface area contributed by atoms with E-state index in [0.29, 0.717) is 17.8 Å². The van der Waals surface area contributed by atoms with Crippen LogP contribution in [0.3, 0.4) is 0 Å². The van der Waals surface area contributed by atoms with Gasteiger partial charge in [0.2, 0.25) is 10.0 Å². The number of carbonyl (C=O) groups is 1. The molecule has 0 atom stereocenters. The molecule has 9 heteroatoms. The number of anilines is 1. The van der Waals surface area contributed by atoms with Gasteiger partial charge < -0.3 is 5.32 Å². The zero-order valence-electron chi connectivity index (χ0n) is 21.2. The minimum atomic E-state index is -3.98. The molecule has 0 unspecified atom stereocenters. The van der Waals surface area contributed by atoms with Crippen LogP contribution < -0.4 is 10.0 Å². The molecule has 4 aromatic carbocycles. The third kappa shape index (κ3) is 6.28. The molecule has 5 aromatic rings. The SMILES string of the molecule is Cc1ccc(S(=O)(=O)NC(c2ccccc2)c2ccccc2)cc1C(=O)Nc1ccc(Cn2cncn2)cc1. The number of nitrogens with one attached hydrogen (secondary N) is 2. The Kier molecular flexibility index (Phi) is 7.62. The van der Waals surface area contributed by atoms with Gasteiger partial charge in [0.05, 0.1) is 17.5 Å². The van der Waals surface area contributed by atoms with Crippen molar-refractivity contribution in [2.24, 2.45) is 0 Å². The van der Waals surface area contributed by atoms with Crippen molar-refractivity contribution in [2.75, 3.05) is 5.32 Å². The van der Waals surface area contributed by atoms with Crippen LogP contribution in [-0.2, 0) is 16.6 Å². The van der Waals surface area contributed by atoms with Gasteiger partial charge in [-0.25, -0.2) is 18.1 Å². The Hall–Kier alpha value is -4.60. The van der Waals surface area contributed by atoms with Crippen molar-refractivity contribution >= 4 is 21.6 Å². The maximum atomic E-state index is 13.5. The van der Waals surface area contributed by atoms with E-state index in [-0.39, 0.29) is 10.5 Å². The number of aryl methyl sites for hydroxylation is 1. The third-order valence-electron chi connectivity index (χ3n) is 6.33. The molecule has 5 rings (SSSR count). The van der Waals surface area contributed by atoms with Gasteiger partial charge in [-0.15, -0.1) is 0 Å². The summed E-state index contributed by atoms with van der Waals surface area (Å²) in [6.45, 7) is 2.34. The van der Waals surface area contributed by atoms with Crippen LogP contribution in [0.5, 0.6) is 0 Å². The number of nitrogens with zero attached hydrogens (tertiary/aromatic N) is 3. The highest BCUT2D eigenvalue weighted by atomic mass is 32.2. The Labute approximate surface area is 227 Å². The van der Waals surface area contributed by atoms with Gasteiger partial charge in [0.15, 0.2) is 0 Å². The first-order valence-corrected chi connectivity index (χ1v) is 13.8. The van der Waals surface area contributed by atoms with Crippen molar-refractivity contribution in [2.45, 2.75) is 24.4 Å². The van der Waals surface area contributed by atoms with Crippen LogP contribution in [0.4, 0.5) is 5.69 Å². The van der Waals surface area contributed by atoms with Gasteiger partial charge in [-0.05, 0) is 53.4 Å². The number of amides is 1. The first-order valence-electron chi connectivity index (χ1n) is 12.3. The fourth-order valence-corrected chi connectivity index (χ4v) is 5.49. The fourth-order valence-electron chi connectivity index (χ4n) is 4.25. The lowest BCUT2D eigenvalue weighted by Crippen LogP contribution is -2.29. The van der Waals surface area contributed by atoms with E-state index >= 15 is 0 Å². The van der Waals surface area contributed by atoms with Gasteiger partial charge in [-0.2, -0.15) is 9.82 Å². The second-order valence-electron chi connectivity index (χ2n) is 9.10. The number of hydrogen-bond acceptors (Lipinski definition) is 5. The first-order chi connectivity index (χ1) is 18.9. The molecule has 0 fully saturated rings. The van der Waals surface area contributed by atoms with Gasteiger partial charge in [0.1, 0.15) is 12.7 Å². The summed E-state index contributed by atoms with van der Waals surface area (Å²) in [5.74, 6) is -0.392. The summed E-state index contributed by atoms with van der Waals surface area (Å²) in [5.41, 5.74) is 4.16. The number of rotatable bonds is 9. The Balaban J connectivity index is 1.36. The number of carbonyl (C=O) groups excluding carboxylic acids is 1. The summed E-state index contributed by atoms with van der Waals surface area (Å²) in [6, 6.07) is 30.1. The van der Waals surface area contributed by atoms with Crippen LogP contribution >= 0.6 is 0 Å². The molecule has 1 heterocycles. The molecule has 1 aromatic heterocycles. The lowest BCUT2D eigenvalue weighted by Gasteiger charge is -2.20. The molecule has 0 aliphatic carbocycles. The molecule has 0 saturated heterocycles. The van der Waals surface area contributed by atoms with Gasteiger partial charge in [-0.1, -0.05) is 78.9 Å². The van der Waals surface area contributed by atoms with Crippen molar-refractivity contribution < 1.29 is 13.2 Å². The Morgan fingerprint density at radius 3 is 2.10 bits per heavy atom. The third-order valence-corrected chi connectivity index (χ3v) is 7.75. The predicted octanol–water partition coefficient (Wildman–Crippen LogP) is 4.96. The van der Waals surface area contributed by atoms with Crippen LogP contribution in [0.25, 0.3) is 0 Å². The topological polar surface area (TPSA) is 106 Å². The number of hydrogen-bond donors (Lipinski definition) is 2. The lowest BCUT2D eigenvalue weighted by molar-refractivity contribution is 0.102. The quantitative estimate of drug-likeness (QED) is 0.277. The molecule has 0 radical (unpaired) electrons. The summed E-state index contributed by atoms with van der Waals surface area (Å²) in [4.78, 5) is 17.1. The molecule has 0 bridgehead atoms. The number of aromatic nitrogens is 3. The van der Waals surface area contributed by atoms with E-state index in [1.165, 1.54) is 18.5 Å². The van der Waals surface area contributed by atoms with Gasteiger partial charge in [0.25, 0.3) is 5.91 Å². The van der Waals surface area contributed by atoms with Crippen molar-refractivity contribution in [3.05, 3.63) is 144 Å². The molecule has 8 nitrogen and oxygen atoms in total. The molecule has 0 spiro atoms. The second kappa shape index (κ2) is 11.4. The molecule has 0 aliphatic heterocycles. The summed E-state index contributed by atoms with van der Waals surface area (Å²) in [6.07, 6.45) is 3.11. The smallest absolute Gasteiger partial charge is 0.255 e. The minimum Gasteiger partial charge on any atom is -0.322 e. The van der Waals surface area contributed by atoms with E-state index in [4.69, 9.17) is 0 Å². The van der Waals surface area contributed by atoms with E-state index in [1.807, 2.05) is 72.8 Å². The fraction of sp³-hybridized carbons (Fsp3) is 0.100. The zero-order chi connectivity index (χ0) is 27.2. The molecule has 39 heavy (non-hydrogen) atoms. The van der Waals surface area contributed by atoms with Crippen LogP contribution in [0.15, 0.2) is 121 Å². The molecule has 0 saturated carbocycles. The number of benzene rings is 4. The molecular formula is C30H27N5O3S. The Morgan fingerprint density at radius 2 is 1.51 bits per heavy atom. The summed E-state index contributed by atoms with van der Waals surface area (Å²) in [7, 11) is -3.98. The Bertz CT molecular complexity index is 1620. The maximum Gasteiger partial charge on any atom is 0.255 e. The maximum absolute atomic E-state index is 13.5. The van der Waals surface area contributed by atoms with Gasteiger partial charge >= 0.3 is 0 Å². The van der Waals surface area contributed by atoms with Crippen LogP contribution in [-0.4, -0.2) is 29.1 Å². The second-order valence-corrected chi connectivity index (χ2v) is 10.8. The number of sulfonamides is 1. The summed E-state index contributed by atoms with van der Waals surface area (Å²) < 4.78 is 31.6. The van der Waals surface area contributed by atoms with E-state index in [9.17, 15) is 13.2 Å². The van der Waals surface area contributed by atoms with Crippen molar-refractivity contribution in [1.82, 2.24) is 19.5 Å². The zero-order valence-corrected chi connectivity index (χ0v) is 22.0. The van der Waals surface area contributed by atoms with E-state index in [0.717, 1.165) is 16.7 Å². The van der Waals surface area contributed by atoms with Crippen LogP contribution in [0.1, 0.15) is 38.7 Å². The molecule has 1 amide bonds. The standard InChI is InChI=1S/C30H27N5O3S/c1-22-12-17-27(39(37,38)34-29(24-8-4-2-5-9-24)25-10-6-3-7-11-25)18-28(22)30(36)33-26-15-13-23(14-16-26)19-35-21-31-20-32-35/h2-18,20-21,29,34H,19H2,1H3,(H,33,36). The average molecular weight is 538 g/mol. The summed E-state index contributed by atoms with van der Waals surface area (Å²) in [5, 5.41) is 6.96. The van der Waals surface area contributed by atoms with Crippen molar-refractivity contribution in [1.29, 1.82) is 0 Å². The van der Waals surface area contributed by atoms with Gasteiger partial charge in [0, 0.05) is 11.3 Å². The molecular weight excluding hydrogens is 510 g/mol. The van der Waals surface area contributed by atoms with E-state index < -0.39 is 22.0 Å². The van der Waals surface area contributed by atoms with Crippen molar-refractivity contribution in [3.8, 4) is 0 Å². The highest BCUT2D eigenvalue weighted by molar-refractivity contribution is 7.89. The van der Waals surface area contributed by atoms with Crippen LogP contribution in [0, 0.1) is 6.92 Å². The molecule has 2 N–H and O–H groups in total. The minimum absolute atomic E-state index is 0.0123. The van der Waals surface area contributed by atoms with E-state index in [1.54, 1.807) is 36.1 Å². The van der Waals surface area contributed by atoms with E-state index in [2.05, 4.69) is 20.1 Å². The average Bonchev–Trinajstić information content (AvgIpc) is 3.47. The predicted molar refractivity (Wildman–Crippen MR) is 150 cm³/mol. The highest BCUT2D eigenvalue weighted by Gasteiger charge is 2.24. The molecule has 0 aliphatic rings. The largest absolute Gasteiger partial charge is 0.322 e. The monoisotopic (exact) mass is 537 g/mol. The van der Waals surface area contributed by atoms with Crippen LogP contribution in [0.2, 0.25) is 0 Å². The Morgan fingerprint density at radius 1 is 0.872 bits per heavy atom. The highest BCUT2D eigenvalue weighted by Crippen LogP contribution is 2.26. The van der Waals surface area contributed by atoms with Gasteiger partial charge in [-0.3, -0.25) is 4.79 Å².